The topological polar surface area (TPSA) is 17.4 Å². The smallest absolute Gasteiger partial charge is 0.133 e. The van der Waals surface area contributed by atoms with Crippen LogP contribution in [-0.4, -0.2) is 23.1 Å². The van der Waals surface area contributed by atoms with Gasteiger partial charge in [0, 0.05) is 36.2 Å². The number of hydrogen-bond donors (Lipinski definition) is 0. The number of benzene rings is 2. The highest BCUT2D eigenvalue weighted by Crippen LogP contribution is 2.42. The van der Waals surface area contributed by atoms with Crippen molar-refractivity contribution >= 4 is 26.8 Å². The summed E-state index contributed by atoms with van der Waals surface area (Å²) >= 11 is 3.65. The molecule has 0 saturated heterocycles. The van der Waals surface area contributed by atoms with Gasteiger partial charge in [0.25, 0.3) is 0 Å². The second-order valence-electron chi connectivity index (χ2n) is 8.24. The van der Waals surface area contributed by atoms with Crippen LogP contribution in [0.2, 0.25) is 0 Å². The van der Waals surface area contributed by atoms with E-state index in [1.807, 2.05) is 0 Å². The second kappa shape index (κ2) is 7.23. The highest BCUT2D eigenvalue weighted by Gasteiger charge is 2.33. The van der Waals surface area contributed by atoms with Crippen molar-refractivity contribution in [3.63, 3.8) is 0 Å². The number of methoxy groups -OCH3 is 1. The highest BCUT2D eigenvalue weighted by atomic mass is 79.9. The number of ether oxygens (including phenoxy) is 1. The lowest BCUT2D eigenvalue weighted by molar-refractivity contribution is 0.173. The highest BCUT2D eigenvalue weighted by molar-refractivity contribution is 9.10. The first-order valence-electron chi connectivity index (χ1n) is 10.3. The fraction of sp³-hybridized carbons (Fsp3) is 0.417. The summed E-state index contributed by atoms with van der Waals surface area (Å²) in [7, 11) is 1.72. The lowest BCUT2D eigenvalue weighted by Gasteiger charge is -2.33. The van der Waals surface area contributed by atoms with Crippen LogP contribution >= 0.6 is 15.9 Å². The first-order valence-corrected chi connectivity index (χ1v) is 11.1. The van der Waals surface area contributed by atoms with Crippen LogP contribution in [-0.2, 0) is 19.5 Å². The standard InChI is InChI=1S/C24H27BrN2O/c1-16-7-9-21-19(13-16)18-5-3-6-22-24(18)27(21)12-4-11-26(22)15-17-8-10-23(28-2)20(25)14-17/h7-10,13-14,22H,3-6,11-12,15H2,1-2H3/t22-/m0/s1. The molecule has 0 radical (unpaired) electrons. The van der Waals surface area contributed by atoms with Crippen molar-refractivity contribution in [3.8, 4) is 5.75 Å². The zero-order valence-corrected chi connectivity index (χ0v) is 18.3. The minimum absolute atomic E-state index is 0.528. The van der Waals surface area contributed by atoms with E-state index in [4.69, 9.17) is 4.74 Å². The Kier molecular flexibility index (Phi) is 4.72. The van der Waals surface area contributed by atoms with Crippen LogP contribution < -0.4 is 4.74 Å². The molecule has 0 spiro atoms. The number of rotatable bonds is 3. The van der Waals surface area contributed by atoms with E-state index in [9.17, 15) is 0 Å². The molecule has 2 aliphatic rings. The molecular weight excluding hydrogens is 412 g/mol. The second-order valence-corrected chi connectivity index (χ2v) is 9.09. The van der Waals surface area contributed by atoms with Gasteiger partial charge in [-0.1, -0.05) is 17.7 Å². The van der Waals surface area contributed by atoms with Gasteiger partial charge in [-0.3, -0.25) is 4.90 Å². The summed E-state index contributed by atoms with van der Waals surface area (Å²) in [6.45, 7) is 5.49. The van der Waals surface area contributed by atoms with Crippen molar-refractivity contribution in [2.75, 3.05) is 13.7 Å². The van der Waals surface area contributed by atoms with Gasteiger partial charge in [-0.15, -0.1) is 0 Å². The van der Waals surface area contributed by atoms with Crippen molar-refractivity contribution in [1.82, 2.24) is 9.47 Å². The molecule has 146 valence electrons. The number of hydrogen-bond acceptors (Lipinski definition) is 2. The van der Waals surface area contributed by atoms with Crippen LogP contribution in [0.5, 0.6) is 5.75 Å². The van der Waals surface area contributed by atoms with Crippen molar-refractivity contribution in [2.24, 2.45) is 0 Å². The van der Waals surface area contributed by atoms with E-state index < -0.39 is 0 Å². The Morgan fingerprint density at radius 3 is 2.82 bits per heavy atom. The Labute approximate surface area is 175 Å². The SMILES string of the molecule is COc1ccc(CN2CCCn3c4c(c5cc(C)ccc53)CCC[C@@H]42)cc1Br. The van der Waals surface area contributed by atoms with Gasteiger partial charge in [-0.05, 0) is 83.9 Å². The summed E-state index contributed by atoms with van der Waals surface area (Å²) in [5, 5.41) is 1.49. The van der Waals surface area contributed by atoms with Crippen molar-refractivity contribution in [3.05, 3.63) is 63.3 Å². The van der Waals surface area contributed by atoms with Gasteiger partial charge in [-0.25, -0.2) is 0 Å². The van der Waals surface area contributed by atoms with Crippen LogP contribution in [0.1, 0.15) is 47.7 Å². The molecule has 0 saturated carbocycles. The quantitative estimate of drug-likeness (QED) is 0.498. The van der Waals surface area contributed by atoms with Crippen LogP contribution in [0.4, 0.5) is 0 Å². The van der Waals surface area contributed by atoms with E-state index in [2.05, 4.69) is 68.7 Å². The first kappa shape index (κ1) is 18.3. The maximum Gasteiger partial charge on any atom is 0.133 e. The molecule has 0 unspecified atom stereocenters. The molecule has 1 aromatic heterocycles. The fourth-order valence-electron chi connectivity index (χ4n) is 5.23. The predicted molar refractivity (Wildman–Crippen MR) is 118 cm³/mol. The minimum Gasteiger partial charge on any atom is -0.496 e. The number of aromatic nitrogens is 1. The molecule has 1 aliphatic carbocycles. The molecule has 2 aromatic carbocycles. The molecule has 28 heavy (non-hydrogen) atoms. The third-order valence-electron chi connectivity index (χ3n) is 6.46. The lowest BCUT2D eigenvalue weighted by Crippen LogP contribution is -2.31. The van der Waals surface area contributed by atoms with Gasteiger partial charge in [0.1, 0.15) is 5.75 Å². The average molecular weight is 439 g/mol. The van der Waals surface area contributed by atoms with Crippen molar-refractivity contribution in [2.45, 2.75) is 51.7 Å². The van der Waals surface area contributed by atoms with E-state index >= 15 is 0 Å². The van der Waals surface area contributed by atoms with E-state index in [1.165, 1.54) is 47.7 Å². The minimum atomic E-state index is 0.528. The van der Waals surface area contributed by atoms with Gasteiger partial charge in [-0.2, -0.15) is 0 Å². The van der Waals surface area contributed by atoms with Crippen LogP contribution in [0.25, 0.3) is 10.9 Å². The molecule has 5 rings (SSSR count). The summed E-state index contributed by atoms with van der Waals surface area (Å²) in [4.78, 5) is 2.71. The fourth-order valence-corrected chi connectivity index (χ4v) is 5.81. The summed E-state index contributed by atoms with van der Waals surface area (Å²) in [6.07, 6.45) is 4.98. The summed E-state index contributed by atoms with van der Waals surface area (Å²) in [6, 6.07) is 14.0. The first-order chi connectivity index (χ1) is 13.7. The van der Waals surface area contributed by atoms with Crippen LogP contribution in [0.3, 0.4) is 0 Å². The molecule has 1 atom stereocenters. The maximum atomic E-state index is 5.40. The van der Waals surface area contributed by atoms with Gasteiger partial charge in [0.15, 0.2) is 0 Å². The summed E-state index contributed by atoms with van der Waals surface area (Å²) < 4.78 is 9.08. The Bertz CT molecular complexity index is 1040. The van der Waals surface area contributed by atoms with E-state index in [0.717, 1.165) is 29.9 Å². The third kappa shape index (κ3) is 2.98. The Hall–Kier alpha value is -1.78. The van der Waals surface area contributed by atoms with Gasteiger partial charge in [0.05, 0.1) is 17.6 Å². The molecule has 2 heterocycles. The average Bonchev–Trinajstić information content (AvgIpc) is 2.88. The molecular formula is C24H27BrN2O. The monoisotopic (exact) mass is 438 g/mol. The normalized spacial score (nSPS) is 19.5. The number of halogens is 1. The largest absolute Gasteiger partial charge is 0.496 e. The van der Waals surface area contributed by atoms with Gasteiger partial charge in [0.2, 0.25) is 0 Å². The zero-order chi connectivity index (χ0) is 19.3. The zero-order valence-electron chi connectivity index (χ0n) is 16.7. The van der Waals surface area contributed by atoms with Gasteiger partial charge < -0.3 is 9.30 Å². The predicted octanol–water partition coefficient (Wildman–Crippen LogP) is 6.00. The van der Waals surface area contributed by atoms with E-state index in [0.29, 0.717) is 6.04 Å². The number of fused-ring (bicyclic) bond motifs is 3. The summed E-state index contributed by atoms with van der Waals surface area (Å²) in [5.74, 6) is 0.898. The van der Waals surface area contributed by atoms with Crippen LogP contribution in [0.15, 0.2) is 40.9 Å². The molecule has 4 heteroatoms. The molecule has 3 aromatic rings. The van der Waals surface area contributed by atoms with E-state index in [1.54, 1.807) is 18.4 Å². The summed E-state index contributed by atoms with van der Waals surface area (Å²) in [5.41, 5.74) is 7.36. The Morgan fingerprint density at radius 1 is 1.11 bits per heavy atom. The number of nitrogens with zero attached hydrogens (tertiary/aromatic N) is 2. The van der Waals surface area contributed by atoms with E-state index in [-0.39, 0.29) is 0 Å². The Morgan fingerprint density at radius 2 is 2.00 bits per heavy atom. The third-order valence-corrected chi connectivity index (χ3v) is 7.08. The molecule has 3 nitrogen and oxygen atoms in total. The molecule has 0 fully saturated rings. The Balaban J connectivity index is 1.55. The van der Waals surface area contributed by atoms with Crippen LogP contribution in [0, 0.1) is 6.92 Å². The lowest BCUT2D eigenvalue weighted by atomic mass is 9.90. The van der Waals surface area contributed by atoms with Crippen molar-refractivity contribution in [1.29, 1.82) is 0 Å². The molecule has 1 aliphatic heterocycles. The molecule has 0 N–H and O–H groups in total. The number of aryl methyl sites for hydroxylation is 3. The molecule has 0 bridgehead atoms. The molecule has 0 amide bonds. The van der Waals surface area contributed by atoms with Gasteiger partial charge >= 0.3 is 0 Å². The van der Waals surface area contributed by atoms with Crippen molar-refractivity contribution < 1.29 is 4.74 Å². The maximum absolute atomic E-state index is 5.40.